The highest BCUT2D eigenvalue weighted by atomic mass is 32.1. The van der Waals surface area contributed by atoms with Gasteiger partial charge >= 0.3 is 5.97 Å². The third kappa shape index (κ3) is 3.56. The maximum absolute atomic E-state index is 13.7. The molecule has 0 saturated heterocycles. The molecule has 0 aliphatic carbocycles. The molecule has 3 heterocycles. The molecular weight excluding hydrogens is 396 g/mol. The van der Waals surface area contributed by atoms with Crippen LogP contribution in [0.3, 0.4) is 0 Å². The molecule has 0 fully saturated rings. The number of nitrogens with zero attached hydrogens (tertiary/aromatic N) is 2. The van der Waals surface area contributed by atoms with Crippen LogP contribution in [0.1, 0.15) is 49.4 Å². The van der Waals surface area contributed by atoms with E-state index in [-0.39, 0.29) is 25.6 Å². The van der Waals surface area contributed by atoms with Crippen molar-refractivity contribution < 1.29 is 14.3 Å². The number of ether oxygens (including phenoxy) is 1. The van der Waals surface area contributed by atoms with Crippen LogP contribution in [-0.2, 0) is 22.6 Å². The molecule has 0 N–H and O–H groups in total. The topological polar surface area (TPSA) is 53.2 Å². The predicted molar refractivity (Wildman–Crippen MR) is 124 cm³/mol. The summed E-state index contributed by atoms with van der Waals surface area (Å²) < 4.78 is 9.22. The molecule has 0 amide bonds. The fourth-order valence-electron chi connectivity index (χ4n) is 4.05. The van der Waals surface area contributed by atoms with Crippen LogP contribution in [0, 0.1) is 6.92 Å². The summed E-state index contributed by atoms with van der Waals surface area (Å²) in [6.07, 6.45) is 0.280. The lowest BCUT2D eigenvalue weighted by Crippen LogP contribution is -2.12. The van der Waals surface area contributed by atoms with Gasteiger partial charge in [0.05, 0.1) is 24.3 Å². The van der Waals surface area contributed by atoms with E-state index in [4.69, 9.17) is 4.74 Å². The number of rotatable bonds is 7. The van der Waals surface area contributed by atoms with E-state index in [0.717, 1.165) is 33.4 Å². The molecule has 0 spiro atoms. The second kappa shape index (κ2) is 8.88. The molecule has 4 aromatic rings. The number of carbonyl (C=O) groups excluding carboxylic acids is 2. The van der Waals surface area contributed by atoms with Gasteiger partial charge in [-0.1, -0.05) is 25.6 Å². The molecule has 30 heavy (non-hydrogen) atoms. The largest absolute Gasteiger partial charge is 0.466 e. The van der Waals surface area contributed by atoms with E-state index in [1.807, 2.05) is 37.3 Å². The van der Waals surface area contributed by atoms with Crippen LogP contribution in [0.15, 0.2) is 41.8 Å². The molecule has 0 radical (unpaired) electrons. The number of fused-ring (bicyclic) bond motifs is 2. The van der Waals surface area contributed by atoms with Crippen LogP contribution in [0.2, 0.25) is 0 Å². The summed E-state index contributed by atoms with van der Waals surface area (Å²) in [5, 5.41) is 4.08. The van der Waals surface area contributed by atoms with Gasteiger partial charge < -0.3 is 13.9 Å². The van der Waals surface area contributed by atoms with Crippen molar-refractivity contribution in [2.75, 3.05) is 6.61 Å². The molecule has 0 atom stereocenters. The summed E-state index contributed by atoms with van der Waals surface area (Å²) >= 11 is 1.66. The van der Waals surface area contributed by atoms with Gasteiger partial charge in [-0.2, -0.15) is 0 Å². The Kier molecular flexibility index (Phi) is 6.46. The van der Waals surface area contributed by atoms with E-state index < -0.39 is 0 Å². The van der Waals surface area contributed by atoms with Gasteiger partial charge in [0.1, 0.15) is 4.83 Å². The normalized spacial score (nSPS) is 11.0. The molecule has 0 unspecified atom stereocenters. The molecule has 158 valence electrons. The Labute approximate surface area is 180 Å². The van der Waals surface area contributed by atoms with Crippen LogP contribution >= 0.6 is 11.3 Å². The zero-order chi connectivity index (χ0) is 20.5. The standard InChI is InChI=1S/C23H24N2O3S.CH4/c1-4-24-19(14-16-11-13-29-23(16)24)22(27)21-15(3)25(12-10-20(26)28-5-2)18-9-7-6-8-17(18)21;/h6-9,11,13-14H,4-5,10,12H2,1-3H3;1H4. The van der Waals surface area contributed by atoms with Gasteiger partial charge in [0, 0.05) is 35.1 Å². The summed E-state index contributed by atoms with van der Waals surface area (Å²) in [7, 11) is 0. The molecular formula is C24H28N2O3S. The first-order chi connectivity index (χ1) is 14.1. The Morgan fingerprint density at radius 1 is 1.10 bits per heavy atom. The molecule has 0 aliphatic heterocycles. The van der Waals surface area contributed by atoms with Crippen LogP contribution in [-0.4, -0.2) is 27.5 Å². The zero-order valence-corrected chi connectivity index (χ0v) is 17.7. The molecule has 0 bridgehead atoms. The second-order valence-electron chi connectivity index (χ2n) is 6.97. The Bertz CT molecular complexity index is 1210. The van der Waals surface area contributed by atoms with Gasteiger partial charge in [0.2, 0.25) is 5.78 Å². The minimum Gasteiger partial charge on any atom is -0.466 e. The predicted octanol–water partition coefficient (Wildman–Crippen LogP) is 5.81. The van der Waals surface area contributed by atoms with Crippen molar-refractivity contribution in [3.63, 3.8) is 0 Å². The molecule has 6 heteroatoms. The van der Waals surface area contributed by atoms with E-state index >= 15 is 0 Å². The summed E-state index contributed by atoms with van der Waals surface area (Å²) in [5.74, 6) is -0.198. The van der Waals surface area contributed by atoms with E-state index in [9.17, 15) is 9.59 Å². The fraction of sp³-hybridized carbons (Fsp3) is 0.333. The van der Waals surface area contributed by atoms with Crippen molar-refractivity contribution >= 4 is 44.2 Å². The van der Waals surface area contributed by atoms with E-state index in [1.54, 1.807) is 18.3 Å². The van der Waals surface area contributed by atoms with E-state index in [1.165, 1.54) is 0 Å². The van der Waals surface area contributed by atoms with Gasteiger partial charge in [-0.15, -0.1) is 11.3 Å². The third-order valence-corrected chi connectivity index (χ3v) is 6.31. The van der Waals surface area contributed by atoms with Crippen LogP contribution in [0.25, 0.3) is 21.1 Å². The average Bonchev–Trinajstić information content (AvgIpc) is 3.37. The number of hydrogen-bond donors (Lipinski definition) is 0. The maximum atomic E-state index is 13.7. The minimum absolute atomic E-state index is 0. The van der Waals surface area contributed by atoms with E-state index in [2.05, 4.69) is 27.5 Å². The Morgan fingerprint density at radius 3 is 2.60 bits per heavy atom. The first-order valence-electron chi connectivity index (χ1n) is 9.91. The molecule has 0 saturated carbocycles. The number of ketones is 1. The van der Waals surface area contributed by atoms with Gasteiger partial charge in [-0.3, -0.25) is 9.59 Å². The quantitative estimate of drug-likeness (QED) is 0.278. The second-order valence-corrected chi connectivity index (χ2v) is 7.86. The van der Waals surface area contributed by atoms with Crippen molar-refractivity contribution in [2.45, 2.75) is 47.7 Å². The van der Waals surface area contributed by atoms with Crippen molar-refractivity contribution in [1.29, 1.82) is 0 Å². The van der Waals surface area contributed by atoms with Crippen molar-refractivity contribution in [2.24, 2.45) is 0 Å². The summed E-state index contributed by atoms with van der Waals surface area (Å²) in [5.41, 5.74) is 3.27. The molecule has 5 nitrogen and oxygen atoms in total. The van der Waals surface area contributed by atoms with Gasteiger partial charge in [0.25, 0.3) is 0 Å². The Balaban J connectivity index is 0.00000256. The summed E-state index contributed by atoms with van der Waals surface area (Å²) in [6, 6.07) is 11.9. The molecule has 4 rings (SSSR count). The third-order valence-electron chi connectivity index (χ3n) is 5.35. The Hall–Kier alpha value is -2.86. The highest BCUT2D eigenvalue weighted by Gasteiger charge is 2.24. The lowest BCUT2D eigenvalue weighted by molar-refractivity contribution is -0.143. The van der Waals surface area contributed by atoms with Gasteiger partial charge in [-0.05, 0) is 44.4 Å². The van der Waals surface area contributed by atoms with Crippen LogP contribution in [0.5, 0.6) is 0 Å². The van der Waals surface area contributed by atoms with Crippen molar-refractivity contribution in [3.05, 3.63) is 58.7 Å². The van der Waals surface area contributed by atoms with Crippen LogP contribution < -0.4 is 0 Å². The highest BCUT2D eigenvalue weighted by molar-refractivity contribution is 7.16. The number of aryl methyl sites for hydroxylation is 2. The molecule has 1 aromatic carbocycles. The molecule has 0 aliphatic rings. The number of carbonyl (C=O) groups is 2. The number of esters is 1. The van der Waals surface area contributed by atoms with Crippen LogP contribution in [0.4, 0.5) is 0 Å². The summed E-state index contributed by atoms with van der Waals surface area (Å²) in [6.45, 7) is 7.43. The van der Waals surface area contributed by atoms with Crippen molar-refractivity contribution in [3.8, 4) is 0 Å². The first-order valence-corrected chi connectivity index (χ1v) is 10.8. The average molecular weight is 425 g/mol. The van der Waals surface area contributed by atoms with Gasteiger partial charge in [0.15, 0.2) is 0 Å². The SMILES string of the molecule is C.CCOC(=O)CCn1c(C)c(C(=O)c2cc3ccsc3n2CC)c2ccccc21. The number of hydrogen-bond acceptors (Lipinski definition) is 4. The summed E-state index contributed by atoms with van der Waals surface area (Å²) in [4.78, 5) is 26.7. The smallest absolute Gasteiger partial charge is 0.307 e. The molecule has 3 aromatic heterocycles. The zero-order valence-electron chi connectivity index (χ0n) is 16.9. The fourth-order valence-corrected chi connectivity index (χ4v) is 5.01. The Morgan fingerprint density at radius 2 is 1.87 bits per heavy atom. The lowest BCUT2D eigenvalue weighted by atomic mass is 10.0. The monoisotopic (exact) mass is 424 g/mol. The number of para-hydroxylation sites is 1. The van der Waals surface area contributed by atoms with E-state index in [0.29, 0.717) is 24.4 Å². The lowest BCUT2D eigenvalue weighted by Gasteiger charge is -2.09. The number of benzene rings is 1. The minimum atomic E-state index is -0.224. The van der Waals surface area contributed by atoms with Gasteiger partial charge in [-0.25, -0.2) is 0 Å². The first kappa shape index (κ1) is 21.8. The highest BCUT2D eigenvalue weighted by Crippen LogP contribution is 2.31. The number of aromatic nitrogens is 2. The number of thiophene rings is 1. The maximum Gasteiger partial charge on any atom is 0.307 e. The van der Waals surface area contributed by atoms with Crippen molar-refractivity contribution in [1.82, 2.24) is 9.13 Å².